The van der Waals surface area contributed by atoms with E-state index >= 15 is 0 Å². The van der Waals surface area contributed by atoms with Gasteiger partial charge < -0.3 is 20.3 Å². The van der Waals surface area contributed by atoms with Crippen LogP contribution in [0.1, 0.15) is 37.7 Å². The van der Waals surface area contributed by atoms with E-state index in [1.54, 1.807) is 0 Å². The molecular weight excluding hydrogens is 366 g/mol. The fourth-order valence-electron chi connectivity index (χ4n) is 6.90. The summed E-state index contributed by atoms with van der Waals surface area (Å²) >= 11 is 0. The molecule has 4 saturated carbocycles. The average Bonchev–Trinajstić information content (AvgIpc) is 2.97. The molecule has 0 radical (unpaired) electrons. The third-order valence-electron chi connectivity index (χ3n) is 8.03. The van der Waals surface area contributed by atoms with Gasteiger partial charge in [0.15, 0.2) is 0 Å². The van der Waals surface area contributed by atoms with E-state index in [1.165, 1.54) is 0 Å². The highest BCUT2D eigenvalue weighted by atomic mass is 16.5. The highest BCUT2D eigenvalue weighted by Gasteiger charge is 2.60. The lowest BCUT2D eigenvalue weighted by Gasteiger charge is -2.60. The van der Waals surface area contributed by atoms with Gasteiger partial charge in [-0.3, -0.25) is 4.79 Å². The number of nitrogens with zero attached hydrogens (tertiary/aromatic N) is 2. The number of amides is 3. The van der Waals surface area contributed by atoms with Gasteiger partial charge in [0.2, 0.25) is 5.91 Å². The van der Waals surface area contributed by atoms with Gasteiger partial charge in [-0.2, -0.15) is 0 Å². The molecule has 2 N–H and O–H groups in total. The molecule has 5 aliphatic rings. The van der Waals surface area contributed by atoms with Crippen molar-refractivity contribution in [1.82, 2.24) is 9.80 Å². The molecule has 6 rings (SSSR count). The quantitative estimate of drug-likeness (QED) is 0.802. The van der Waals surface area contributed by atoms with Crippen molar-refractivity contribution in [3.63, 3.8) is 0 Å². The van der Waals surface area contributed by atoms with Crippen molar-refractivity contribution in [3.05, 3.63) is 35.9 Å². The van der Waals surface area contributed by atoms with E-state index in [1.807, 2.05) is 30.1 Å². The van der Waals surface area contributed by atoms with Crippen molar-refractivity contribution in [1.29, 1.82) is 0 Å². The molecule has 1 aromatic carbocycles. The van der Waals surface area contributed by atoms with E-state index in [-0.39, 0.29) is 29.4 Å². The third kappa shape index (κ3) is 3.12. The molecule has 1 aliphatic heterocycles. The van der Waals surface area contributed by atoms with Gasteiger partial charge in [-0.05, 0) is 55.4 Å². The number of rotatable bonds is 6. The fourth-order valence-corrected chi connectivity index (χ4v) is 6.90. The Bertz CT molecular complexity index is 782. The SMILES string of the molecule is CN1C(=O)N(C2C3CC4CC2CC(C(N)=O)(C4)C3)CC1COCc1ccccc1. The van der Waals surface area contributed by atoms with Gasteiger partial charge in [0, 0.05) is 25.0 Å². The number of carbonyl (C=O) groups excluding carboxylic acids is 2. The number of hydrogen-bond donors (Lipinski definition) is 1. The topological polar surface area (TPSA) is 75.9 Å². The van der Waals surface area contributed by atoms with Crippen LogP contribution < -0.4 is 5.73 Å². The van der Waals surface area contributed by atoms with Crippen LogP contribution in [0.3, 0.4) is 0 Å². The second-order valence-corrected chi connectivity index (χ2v) is 9.81. The lowest BCUT2D eigenvalue weighted by atomic mass is 9.47. The first kappa shape index (κ1) is 18.9. The fraction of sp³-hybridized carbons (Fsp3) is 0.652. The summed E-state index contributed by atoms with van der Waals surface area (Å²) < 4.78 is 5.94. The van der Waals surface area contributed by atoms with Crippen LogP contribution in [-0.2, 0) is 16.1 Å². The molecule has 4 aliphatic carbocycles. The summed E-state index contributed by atoms with van der Waals surface area (Å²) in [5.74, 6) is 1.31. The maximum atomic E-state index is 13.1. The lowest BCUT2D eigenvalue weighted by Crippen LogP contribution is -2.62. The van der Waals surface area contributed by atoms with Crippen molar-refractivity contribution in [3.8, 4) is 0 Å². The standard InChI is InChI=1S/C23H31N3O3/c1-25-19(14-29-13-15-5-3-2-4-6-15)12-26(22(25)28)20-17-7-16-8-18(20)11-23(9-16,10-17)21(24)27/h2-6,16-20H,7-14H2,1H3,(H2,24,27). The predicted molar refractivity (Wildman–Crippen MR) is 109 cm³/mol. The van der Waals surface area contributed by atoms with Crippen LogP contribution in [0.2, 0.25) is 0 Å². The maximum absolute atomic E-state index is 13.1. The lowest BCUT2D eigenvalue weighted by molar-refractivity contribution is -0.150. The van der Waals surface area contributed by atoms with Crippen molar-refractivity contribution in [2.45, 2.75) is 50.8 Å². The Kier molecular flexibility index (Phi) is 4.57. The second-order valence-electron chi connectivity index (χ2n) is 9.81. The summed E-state index contributed by atoms with van der Waals surface area (Å²) in [5.41, 5.74) is 6.66. The number of primary amides is 1. The van der Waals surface area contributed by atoms with E-state index in [0.717, 1.165) is 44.2 Å². The van der Waals surface area contributed by atoms with Crippen LogP contribution in [0.25, 0.3) is 0 Å². The zero-order valence-corrected chi connectivity index (χ0v) is 17.1. The number of ether oxygens (including phenoxy) is 1. The molecule has 3 atom stereocenters. The molecule has 156 valence electrons. The van der Waals surface area contributed by atoms with Gasteiger partial charge in [-0.15, -0.1) is 0 Å². The Labute approximate surface area is 172 Å². The van der Waals surface area contributed by atoms with Gasteiger partial charge in [0.25, 0.3) is 0 Å². The molecular formula is C23H31N3O3. The zero-order chi connectivity index (χ0) is 20.2. The minimum atomic E-state index is -0.306. The van der Waals surface area contributed by atoms with Gasteiger partial charge in [0.05, 0.1) is 19.3 Å². The number of hydrogen-bond acceptors (Lipinski definition) is 3. The number of nitrogens with two attached hydrogens (primary N) is 1. The minimum absolute atomic E-state index is 0.0773. The van der Waals surface area contributed by atoms with Crippen LogP contribution in [-0.4, -0.2) is 54.0 Å². The average molecular weight is 398 g/mol. The van der Waals surface area contributed by atoms with Gasteiger partial charge in [-0.1, -0.05) is 30.3 Å². The van der Waals surface area contributed by atoms with E-state index < -0.39 is 0 Å². The van der Waals surface area contributed by atoms with Crippen LogP contribution in [0, 0.1) is 23.2 Å². The van der Waals surface area contributed by atoms with Crippen molar-refractivity contribution >= 4 is 11.9 Å². The molecule has 1 aromatic rings. The number of urea groups is 1. The Morgan fingerprint density at radius 2 is 1.86 bits per heavy atom. The molecule has 5 fully saturated rings. The number of likely N-dealkylation sites (N-methyl/N-ethyl adjacent to an activating group) is 1. The third-order valence-corrected chi connectivity index (χ3v) is 8.03. The van der Waals surface area contributed by atoms with Gasteiger partial charge in [-0.25, -0.2) is 4.79 Å². The summed E-state index contributed by atoms with van der Waals surface area (Å²) in [7, 11) is 1.89. The van der Waals surface area contributed by atoms with Crippen LogP contribution in [0.15, 0.2) is 30.3 Å². The highest BCUT2D eigenvalue weighted by molar-refractivity contribution is 5.82. The molecule has 1 heterocycles. The molecule has 0 aromatic heterocycles. The highest BCUT2D eigenvalue weighted by Crippen LogP contribution is 2.61. The Balaban J connectivity index is 1.25. The summed E-state index contributed by atoms with van der Waals surface area (Å²) in [6.07, 6.45) is 4.97. The van der Waals surface area contributed by atoms with E-state index in [0.29, 0.717) is 31.0 Å². The van der Waals surface area contributed by atoms with E-state index in [4.69, 9.17) is 10.5 Å². The van der Waals surface area contributed by atoms with Gasteiger partial charge in [0.1, 0.15) is 0 Å². The van der Waals surface area contributed by atoms with Crippen molar-refractivity contribution in [2.75, 3.05) is 20.2 Å². The maximum Gasteiger partial charge on any atom is 0.320 e. The number of carbonyl (C=O) groups is 2. The largest absolute Gasteiger partial charge is 0.375 e. The monoisotopic (exact) mass is 397 g/mol. The first-order chi connectivity index (χ1) is 14.0. The molecule has 0 spiro atoms. The molecule has 6 nitrogen and oxygen atoms in total. The van der Waals surface area contributed by atoms with Crippen molar-refractivity contribution in [2.24, 2.45) is 28.9 Å². The van der Waals surface area contributed by atoms with E-state index in [9.17, 15) is 9.59 Å². The summed E-state index contributed by atoms with van der Waals surface area (Å²) in [5, 5.41) is 0. The van der Waals surface area contributed by atoms with Gasteiger partial charge >= 0.3 is 6.03 Å². The molecule has 3 amide bonds. The summed E-state index contributed by atoms with van der Waals surface area (Å²) in [6.45, 7) is 1.83. The van der Waals surface area contributed by atoms with E-state index in [2.05, 4.69) is 17.0 Å². The summed E-state index contributed by atoms with van der Waals surface area (Å²) in [6, 6.07) is 10.6. The van der Waals surface area contributed by atoms with Crippen LogP contribution >= 0.6 is 0 Å². The normalized spacial score (nSPS) is 38.1. The summed E-state index contributed by atoms with van der Waals surface area (Å²) in [4.78, 5) is 29.2. The zero-order valence-electron chi connectivity index (χ0n) is 17.1. The second kappa shape index (κ2) is 7.01. The number of benzene rings is 1. The van der Waals surface area contributed by atoms with Crippen molar-refractivity contribution < 1.29 is 14.3 Å². The predicted octanol–water partition coefficient (Wildman–Crippen LogP) is 2.62. The molecule has 1 saturated heterocycles. The first-order valence-electron chi connectivity index (χ1n) is 10.9. The molecule has 4 bridgehead atoms. The first-order valence-corrected chi connectivity index (χ1v) is 10.9. The Morgan fingerprint density at radius 3 is 2.52 bits per heavy atom. The Morgan fingerprint density at radius 1 is 1.17 bits per heavy atom. The molecule has 6 heteroatoms. The van der Waals surface area contributed by atoms with Crippen LogP contribution in [0.4, 0.5) is 4.79 Å². The Hall–Kier alpha value is -2.08. The smallest absolute Gasteiger partial charge is 0.320 e. The molecule has 29 heavy (non-hydrogen) atoms. The minimum Gasteiger partial charge on any atom is -0.375 e. The van der Waals surface area contributed by atoms with Crippen LogP contribution in [0.5, 0.6) is 0 Å². The molecule has 3 unspecified atom stereocenters.